The average molecular weight is 281 g/mol. The van der Waals surface area contributed by atoms with E-state index < -0.39 is 0 Å². The third kappa shape index (κ3) is 4.42. The molecule has 0 bridgehead atoms. The number of hydrogen-bond acceptors (Lipinski definition) is 5. The number of methoxy groups -OCH3 is 2. The van der Waals surface area contributed by atoms with Crippen molar-refractivity contribution in [1.82, 2.24) is 0 Å². The molecule has 1 rings (SSSR count). The van der Waals surface area contributed by atoms with E-state index in [1.54, 1.807) is 14.2 Å². The fourth-order valence-corrected chi connectivity index (χ4v) is 2.11. The lowest BCUT2D eigenvalue weighted by atomic mass is 10.0. The molecule has 0 unspecified atom stereocenters. The van der Waals surface area contributed by atoms with Gasteiger partial charge in [0.25, 0.3) is 0 Å². The molecule has 7 nitrogen and oxygen atoms in total. The summed E-state index contributed by atoms with van der Waals surface area (Å²) in [7, 11) is 3.25. The molecule has 1 aliphatic rings. The van der Waals surface area contributed by atoms with Crippen molar-refractivity contribution in [3.63, 3.8) is 0 Å². The zero-order chi connectivity index (χ0) is 15.0. The van der Waals surface area contributed by atoms with Crippen molar-refractivity contribution in [2.45, 2.75) is 45.2 Å². The highest BCUT2D eigenvalue weighted by Crippen LogP contribution is 2.20. The highest BCUT2D eigenvalue weighted by molar-refractivity contribution is 5.94. The highest BCUT2D eigenvalue weighted by atomic mass is 16.5. The largest absolute Gasteiger partial charge is 0.483 e. The van der Waals surface area contributed by atoms with Crippen LogP contribution in [0.25, 0.3) is 10.4 Å². The Morgan fingerprint density at radius 1 is 1.20 bits per heavy atom. The minimum atomic E-state index is -0.101. The molecule has 112 valence electrons. The number of unbranched alkanes of at least 4 members (excludes halogenated alkanes) is 1. The Morgan fingerprint density at radius 3 is 2.45 bits per heavy atom. The van der Waals surface area contributed by atoms with Crippen LogP contribution in [0.3, 0.4) is 0 Å². The van der Waals surface area contributed by atoms with Gasteiger partial charge in [0.1, 0.15) is 12.1 Å². The predicted molar refractivity (Wildman–Crippen MR) is 79.2 cm³/mol. The number of rotatable bonds is 6. The summed E-state index contributed by atoms with van der Waals surface area (Å²) >= 11 is 0. The Morgan fingerprint density at radius 2 is 1.90 bits per heavy atom. The van der Waals surface area contributed by atoms with Crippen molar-refractivity contribution in [1.29, 1.82) is 0 Å². The van der Waals surface area contributed by atoms with Gasteiger partial charge in [-0.3, -0.25) is 0 Å². The minimum absolute atomic E-state index is 0.0746. The third-order valence-electron chi connectivity index (χ3n) is 3.19. The van der Waals surface area contributed by atoms with Gasteiger partial charge in [0.15, 0.2) is 0 Å². The first-order valence-electron chi connectivity index (χ1n) is 6.88. The number of hydrogen-bond donors (Lipinski definition) is 0. The van der Waals surface area contributed by atoms with Crippen LogP contribution in [0.1, 0.15) is 33.1 Å². The Balaban J connectivity index is 2.67. The summed E-state index contributed by atoms with van der Waals surface area (Å²) in [6.07, 6.45) is 2.55. The molecule has 0 radical (unpaired) electrons. The maximum absolute atomic E-state index is 8.22. The SMILES string of the molecule is COC1=N[C@H](C(C)C)C(OC)=N[C@H]1CCCCN=[N+]=[N-]. The van der Waals surface area contributed by atoms with Gasteiger partial charge in [0.2, 0.25) is 11.8 Å². The molecule has 1 heterocycles. The Hall–Kier alpha value is -1.75. The molecular formula is C13H23N5O2. The van der Waals surface area contributed by atoms with Gasteiger partial charge in [-0.15, -0.1) is 0 Å². The molecule has 0 N–H and O–H groups in total. The van der Waals surface area contributed by atoms with E-state index in [9.17, 15) is 0 Å². The fourth-order valence-electron chi connectivity index (χ4n) is 2.11. The fraction of sp³-hybridized carbons (Fsp3) is 0.846. The standard InChI is InChI=1S/C13H23N5O2/c1-9(2)11-13(20-4)16-10(12(17-11)19-3)7-5-6-8-15-18-14/h9-11H,5-8H2,1-4H3/t10-,11+/m0/s1. The topological polar surface area (TPSA) is 91.9 Å². The molecule has 0 fully saturated rings. The van der Waals surface area contributed by atoms with E-state index in [2.05, 4.69) is 33.9 Å². The third-order valence-corrected chi connectivity index (χ3v) is 3.19. The van der Waals surface area contributed by atoms with Crippen LogP contribution in [-0.2, 0) is 9.47 Å². The zero-order valence-electron chi connectivity index (χ0n) is 12.6. The first-order valence-corrected chi connectivity index (χ1v) is 6.88. The Labute approximate surface area is 119 Å². The van der Waals surface area contributed by atoms with Crippen molar-refractivity contribution >= 4 is 11.8 Å². The van der Waals surface area contributed by atoms with Gasteiger partial charge in [-0.25, -0.2) is 9.98 Å². The molecule has 0 aliphatic carbocycles. The molecule has 0 aromatic rings. The second kappa shape index (κ2) is 8.43. The van der Waals surface area contributed by atoms with Crippen LogP contribution in [0, 0.1) is 5.92 Å². The number of ether oxygens (including phenoxy) is 2. The zero-order valence-corrected chi connectivity index (χ0v) is 12.6. The molecule has 0 aromatic carbocycles. The molecular weight excluding hydrogens is 258 g/mol. The van der Waals surface area contributed by atoms with E-state index in [0.29, 0.717) is 24.3 Å². The second-order valence-electron chi connectivity index (χ2n) is 5.00. The van der Waals surface area contributed by atoms with Gasteiger partial charge in [-0.05, 0) is 24.3 Å². The molecule has 1 aliphatic heterocycles. The van der Waals surface area contributed by atoms with Crippen LogP contribution < -0.4 is 0 Å². The minimum Gasteiger partial charge on any atom is -0.483 e. The maximum atomic E-state index is 8.22. The summed E-state index contributed by atoms with van der Waals surface area (Å²) in [5, 5.41) is 3.52. The maximum Gasteiger partial charge on any atom is 0.209 e. The molecule has 0 saturated carbocycles. The Kier molecular flexibility index (Phi) is 6.87. The monoisotopic (exact) mass is 281 g/mol. The molecule has 20 heavy (non-hydrogen) atoms. The lowest BCUT2D eigenvalue weighted by Gasteiger charge is -2.27. The smallest absolute Gasteiger partial charge is 0.209 e. The summed E-state index contributed by atoms with van der Waals surface area (Å²) in [4.78, 5) is 11.9. The van der Waals surface area contributed by atoms with Crippen LogP contribution in [-0.4, -0.2) is 44.6 Å². The van der Waals surface area contributed by atoms with Crippen molar-refractivity contribution in [2.75, 3.05) is 20.8 Å². The number of azide groups is 1. The number of nitrogens with zero attached hydrogens (tertiary/aromatic N) is 5. The first-order chi connectivity index (χ1) is 9.63. The highest BCUT2D eigenvalue weighted by Gasteiger charge is 2.30. The summed E-state index contributed by atoms with van der Waals surface area (Å²) in [6, 6.07) is -0.176. The first kappa shape index (κ1) is 16.3. The van der Waals surface area contributed by atoms with Gasteiger partial charge >= 0.3 is 0 Å². The van der Waals surface area contributed by atoms with Gasteiger partial charge < -0.3 is 9.47 Å². The normalized spacial score (nSPS) is 21.9. The van der Waals surface area contributed by atoms with E-state index in [0.717, 1.165) is 19.3 Å². The van der Waals surface area contributed by atoms with Crippen LogP contribution in [0.2, 0.25) is 0 Å². The van der Waals surface area contributed by atoms with Crippen molar-refractivity contribution in [2.24, 2.45) is 21.0 Å². The van der Waals surface area contributed by atoms with Crippen LogP contribution in [0.4, 0.5) is 0 Å². The van der Waals surface area contributed by atoms with Gasteiger partial charge in [0.05, 0.1) is 14.2 Å². The van der Waals surface area contributed by atoms with Gasteiger partial charge in [0, 0.05) is 11.5 Å². The molecule has 0 aromatic heterocycles. The van der Waals surface area contributed by atoms with Crippen LogP contribution in [0.15, 0.2) is 15.1 Å². The van der Waals surface area contributed by atoms with E-state index in [1.807, 2.05) is 0 Å². The quantitative estimate of drug-likeness (QED) is 0.324. The predicted octanol–water partition coefficient (Wildman–Crippen LogP) is 2.96. The van der Waals surface area contributed by atoms with E-state index in [1.165, 1.54) is 0 Å². The molecule has 0 amide bonds. The van der Waals surface area contributed by atoms with E-state index >= 15 is 0 Å². The van der Waals surface area contributed by atoms with E-state index in [4.69, 9.17) is 15.0 Å². The lowest BCUT2D eigenvalue weighted by Crippen LogP contribution is -2.37. The van der Waals surface area contributed by atoms with Crippen molar-refractivity contribution in [3.8, 4) is 0 Å². The van der Waals surface area contributed by atoms with Gasteiger partial charge in [-0.1, -0.05) is 25.4 Å². The summed E-state index contributed by atoms with van der Waals surface area (Å²) in [5.41, 5.74) is 8.22. The molecule has 7 heteroatoms. The summed E-state index contributed by atoms with van der Waals surface area (Å²) in [5.74, 6) is 1.64. The summed E-state index contributed by atoms with van der Waals surface area (Å²) < 4.78 is 10.7. The summed E-state index contributed by atoms with van der Waals surface area (Å²) in [6.45, 7) is 4.67. The Bertz CT molecular complexity index is 413. The van der Waals surface area contributed by atoms with Crippen molar-refractivity contribution in [3.05, 3.63) is 10.4 Å². The van der Waals surface area contributed by atoms with E-state index in [-0.39, 0.29) is 12.1 Å². The van der Waals surface area contributed by atoms with Gasteiger partial charge in [-0.2, -0.15) is 0 Å². The molecule has 2 atom stereocenters. The average Bonchev–Trinajstić information content (AvgIpc) is 2.46. The van der Waals surface area contributed by atoms with Crippen molar-refractivity contribution < 1.29 is 9.47 Å². The lowest BCUT2D eigenvalue weighted by molar-refractivity contribution is 0.329. The molecule has 0 spiro atoms. The molecule has 0 saturated heterocycles. The van der Waals surface area contributed by atoms with Crippen LogP contribution >= 0.6 is 0 Å². The van der Waals surface area contributed by atoms with Crippen LogP contribution in [0.5, 0.6) is 0 Å². The second-order valence-corrected chi connectivity index (χ2v) is 5.00. The number of aliphatic imine (C=N–C) groups is 2.